The third-order valence-electron chi connectivity index (χ3n) is 0.994. The van der Waals surface area contributed by atoms with E-state index in [0.29, 0.717) is 15.8 Å². The van der Waals surface area contributed by atoms with Crippen molar-refractivity contribution in [1.82, 2.24) is 0 Å². The Morgan fingerprint density at radius 1 is 0.778 bits per heavy atom. The SMILES string of the molecule is CP(C)CCP(C)C.[99Tc]. The van der Waals surface area contributed by atoms with Crippen LogP contribution in [0.25, 0.3) is 0 Å². The summed E-state index contributed by atoms with van der Waals surface area (Å²) in [5, 5.41) is 0. The van der Waals surface area contributed by atoms with Crippen molar-refractivity contribution in [2.45, 2.75) is 0 Å². The monoisotopic (exact) mass is 249 g/mol. The van der Waals surface area contributed by atoms with Crippen molar-refractivity contribution in [3.63, 3.8) is 0 Å². The van der Waals surface area contributed by atoms with E-state index in [9.17, 15) is 0 Å². The fourth-order valence-corrected chi connectivity index (χ4v) is 3.60. The van der Waals surface area contributed by atoms with Crippen LogP contribution in [0.1, 0.15) is 0 Å². The maximum absolute atomic E-state index is 2.36. The Morgan fingerprint density at radius 2 is 1.00 bits per heavy atom. The van der Waals surface area contributed by atoms with E-state index >= 15 is 0 Å². The van der Waals surface area contributed by atoms with Crippen LogP contribution in [0, 0.1) is 0 Å². The first kappa shape index (κ1) is 13.1. The van der Waals surface area contributed by atoms with Crippen molar-refractivity contribution in [3.8, 4) is 0 Å². The Kier molecular flexibility index (Phi) is 11.1. The fourth-order valence-electron chi connectivity index (χ4n) is 0.400. The van der Waals surface area contributed by atoms with Gasteiger partial charge in [0, 0.05) is 20.1 Å². The normalized spacial score (nSPS) is 10.0. The maximum atomic E-state index is 2.36. The molecule has 1 radical (unpaired) electrons. The molecule has 0 aliphatic carbocycles. The van der Waals surface area contributed by atoms with E-state index in [4.69, 9.17) is 0 Å². The molecule has 0 N–H and O–H groups in total. The molecule has 0 rings (SSSR count). The van der Waals surface area contributed by atoms with Gasteiger partial charge in [-0.2, -0.15) is 0 Å². The Hall–Kier alpha value is 1.51. The minimum Gasteiger partial charge on any atom is -0.113 e. The summed E-state index contributed by atoms with van der Waals surface area (Å²) in [7, 11) is 0.766. The van der Waals surface area contributed by atoms with E-state index in [-0.39, 0.29) is 20.1 Å². The zero-order chi connectivity index (χ0) is 6.57. The number of hydrogen-bond donors (Lipinski definition) is 0. The molecule has 0 aromatic rings. The molecular weight excluding hydrogens is 233 g/mol. The molecule has 0 aromatic carbocycles. The molecule has 0 saturated heterocycles. The Morgan fingerprint density at radius 3 is 1.11 bits per heavy atom. The third-order valence-corrected chi connectivity index (χ3v) is 3.58. The van der Waals surface area contributed by atoms with Crippen LogP contribution in [-0.2, 0) is 20.1 Å². The van der Waals surface area contributed by atoms with Crippen LogP contribution in [-0.4, -0.2) is 39.0 Å². The van der Waals surface area contributed by atoms with Gasteiger partial charge in [-0.3, -0.25) is 0 Å². The zero-order valence-electron chi connectivity index (χ0n) is 6.69. The van der Waals surface area contributed by atoms with Crippen LogP contribution < -0.4 is 0 Å². The molecular formula is C6H16P2Tc. The van der Waals surface area contributed by atoms with Gasteiger partial charge < -0.3 is 0 Å². The van der Waals surface area contributed by atoms with Crippen molar-refractivity contribution in [2.24, 2.45) is 0 Å². The summed E-state index contributed by atoms with van der Waals surface area (Å²) in [6.45, 7) is 9.42. The molecule has 0 saturated carbocycles. The quantitative estimate of drug-likeness (QED) is 0.674. The molecule has 9 heavy (non-hydrogen) atoms. The topological polar surface area (TPSA) is 0 Å². The van der Waals surface area contributed by atoms with E-state index in [1.54, 1.807) is 0 Å². The summed E-state index contributed by atoms with van der Waals surface area (Å²) in [5.74, 6) is 0. The summed E-state index contributed by atoms with van der Waals surface area (Å²) in [5.41, 5.74) is 0. The molecule has 0 fully saturated rings. The standard InChI is InChI=1S/C6H16P2.Tc/c1-7(2)5-6-8(3)4;/h5-6H2,1-4H3;/i;1+1. The molecule has 0 aliphatic heterocycles. The number of hydrogen-bond acceptors (Lipinski definition) is 0. The predicted molar refractivity (Wildman–Crippen MR) is 47.3 cm³/mol. The van der Waals surface area contributed by atoms with Gasteiger partial charge in [0.1, 0.15) is 0 Å². The first-order valence-corrected chi connectivity index (χ1v) is 7.76. The van der Waals surface area contributed by atoms with Crippen molar-refractivity contribution in [2.75, 3.05) is 39.0 Å². The van der Waals surface area contributed by atoms with Crippen LogP contribution in [0.15, 0.2) is 0 Å². The molecule has 57 valence electrons. The first-order chi connectivity index (χ1) is 3.63. The second-order valence-corrected chi connectivity index (χ2v) is 7.82. The molecule has 0 bridgehead atoms. The molecule has 3 heteroatoms. The van der Waals surface area contributed by atoms with Gasteiger partial charge in [0.15, 0.2) is 0 Å². The van der Waals surface area contributed by atoms with Gasteiger partial charge in [-0.25, -0.2) is 0 Å². The van der Waals surface area contributed by atoms with Crippen LogP contribution >= 0.6 is 15.8 Å². The smallest absolute Gasteiger partial charge is 0 e. The van der Waals surface area contributed by atoms with Gasteiger partial charge in [0.2, 0.25) is 0 Å². The van der Waals surface area contributed by atoms with Crippen LogP contribution in [0.2, 0.25) is 0 Å². The predicted octanol–water partition coefficient (Wildman–Crippen LogP) is 2.47. The van der Waals surface area contributed by atoms with Gasteiger partial charge >= 0.3 is 0 Å². The second-order valence-electron chi connectivity index (χ2n) is 2.61. The van der Waals surface area contributed by atoms with Gasteiger partial charge in [-0.1, -0.05) is 0 Å². The Balaban J connectivity index is 0. The summed E-state index contributed by atoms with van der Waals surface area (Å²) in [6, 6.07) is 0. The van der Waals surface area contributed by atoms with Crippen molar-refractivity contribution in [1.29, 1.82) is 0 Å². The first-order valence-electron chi connectivity index (χ1n) is 2.92. The fraction of sp³-hybridized carbons (Fsp3) is 1.00. The van der Waals surface area contributed by atoms with E-state index in [1.165, 1.54) is 12.3 Å². The van der Waals surface area contributed by atoms with Crippen molar-refractivity contribution < 1.29 is 20.1 Å². The molecule has 0 aliphatic rings. The Bertz CT molecular complexity index is 47.0. The van der Waals surface area contributed by atoms with Crippen LogP contribution in [0.3, 0.4) is 0 Å². The second kappa shape index (κ2) is 7.61. The molecule has 0 heterocycles. The average Bonchev–Trinajstić information content (AvgIpc) is 1.61. The van der Waals surface area contributed by atoms with Crippen molar-refractivity contribution >= 4 is 15.8 Å². The van der Waals surface area contributed by atoms with Gasteiger partial charge in [-0.05, 0) is 39.0 Å². The molecule has 0 amide bonds. The summed E-state index contributed by atoms with van der Waals surface area (Å²) in [6.07, 6.45) is 2.96. The molecule has 0 unspecified atom stereocenters. The average molecular weight is 249 g/mol. The Labute approximate surface area is 75.0 Å². The molecule has 0 aromatic heterocycles. The summed E-state index contributed by atoms with van der Waals surface area (Å²) >= 11 is 0. The minimum absolute atomic E-state index is 0. The minimum atomic E-state index is 0. The molecule has 0 atom stereocenters. The molecule has 0 nitrogen and oxygen atoms in total. The van der Waals surface area contributed by atoms with Crippen LogP contribution in [0.5, 0.6) is 0 Å². The van der Waals surface area contributed by atoms with Crippen molar-refractivity contribution in [3.05, 3.63) is 0 Å². The van der Waals surface area contributed by atoms with E-state index in [1.807, 2.05) is 0 Å². The van der Waals surface area contributed by atoms with E-state index in [0.717, 1.165) is 0 Å². The summed E-state index contributed by atoms with van der Waals surface area (Å²) < 4.78 is 0. The largest absolute Gasteiger partial charge is 0.113 e. The van der Waals surface area contributed by atoms with E-state index < -0.39 is 0 Å². The third kappa shape index (κ3) is 12.7. The number of rotatable bonds is 3. The van der Waals surface area contributed by atoms with Gasteiger partial charge in [0.05, 0.1) is 0 Å². The van der Waals surface area contributed by atoms with Gasteiger partial charge in [-0.15, -0.1) is 15.8 Å². The zero-order valence-corrected chi connectivity index (χ0v) is 10.3. The molecule has 0 spiro atoms. The van der Waals surface area contributed by atoms with Gasteiger partial charge in [0.25, 0.3) is 0 Å². The summed E-state index contributed by atoms with van der Waals surface area (Å²) in [4.78, 5) is 0. The van der Waals surface area contributed by atoms with E-state index in [2.05, 4.69) is 26.7 Å². The maximum Gasteiger partial charge on any atom is 0 e. The van der Waals surface area contributed by atoms with Crippen LogP contribution in [0.4, 0.5) is 0 Å².